The molecule has 4 heterocycles. The SMILES string of the molecule is O=C(Nc1ccc(Oc2ccc(S(F)(F)(F)(F)F)cc2)nc1)c1ccc(C(=O)N2CCC(C(=O)c3ccc(N4CCCC4)cc3)CC2)cn1. The van der Waals surface area contributed by atoms with Gasteiger partial charge < -0.3 is 19.9 Å². The van der Waals surface area contributed by atoms with Gasteiger partial charge in [0, 0.05) is 55.6 Å². The van der Waals surface area contributed by atoms with Crippen molar-refractivity contribution in [1.82, 2.24) is 14.9 Å². The van der Waals surface area contributed by atoms with Gasteiger partial charge in [-0.3, -0.25) is 19.4 Å². The number of aromatic nitrogens is 2. The fourth-order valence-corrected chi connectivity index (χ4v) is 6.48. The molecule has 2 amide bonds. The number of hydrogen-bond donors (Lipinski definition) is 1. The molecule has 2 fully saturated rings. The molecule has 0 bridgehead atoms. The van der Waals surface area contributed by atoms with Gasteiger partial charge in [0.25, 0.3) is 11.8 Å². The first-order valence-electron chi connectivity index (χ1n) is 15.6. The minimum Gasteiger partial charge on any atom is -0.439 e. The summed E-state index contributed by atoms with van der Waals surface area (Å²) in [6, 6.07) is 15.4. The van der Waals surface area contributed by atoms with Crippen LogP contribution >= 0.6 is 10.2 Å². The van der Waals surface area contributed by atoms with Crippen LogP contribution in [0.3, 0.4) is 0 Å². The van der Waals surface area contributed by atoms with Gasteiger partial charge in [0.2, 0.25) is 5.88 Å². The summed E-state index contributed by atoms with van der Waals surface area (Å²) in [5, 5.41) is 2.59. The van der Waals surface area contributed by atoms with E-state index in [1.54, 1.807) is 4.90 Å². The first-order valence-corrected chi connectivity index (χ1v) is 17.5. The third-order valence-electron chi connectivity index (χ3n) is 8.50. The second-order valence-corrected chi connectivity index (χ2v) is 14.4. The summed E-state index contributed by atoms with van der Waals surface area (Å²) in [5.41, 5.74) is 2.39. The number of benzene rings is 2. The van der Waals surface area contributed by atoms with Gasteiger partial charge in [-0.25, -0.2) is 4.98 Å². The molecule has 0 atom stereocenters. The molecule has 6 rings (SSSR count). The van der Waals surface area contributed by atoms with E-state index in [9.17, 15) is 33.8 Å². The monoisotopic (exact) mass is 701 g/mol. The van der Waals surface area contributed by atoms with Crippen molar-refractivity contribution in [1.29, 1.82) is 0 Å². The predicted octanol–water partition coefficient (Wildman–Crippen LogP) is 8.51. The Labute approximate surface area is 278 Å². The largest absolute Gasteiger partial charge is 0.439 e. The van der Waals surface area contributed by atoms with Gasteiger partial charge in [-0.15, -0.1) is 0 Å². The Morgan fingerprint density at radius 2 is 1.39 bits per heavy atom. The maximum Gasteiger partial charge on any atom is 0.310 e. The summed E-state index contributed by atoms with van der Waals surface area (Å²) >= 11 is 0. The number of nitrogens with one attached hydrogen (secondary N) is 1. The Kier molecular flexibility index (Phi) is 8.59. The van der Waals surface area contributed by atoms with Crippen molar-refractivity contribution in [3.05, 3.63) is 102 Å². The molecule has 2 aromatic heterocycles. The van der Waals surface area contributed by atoms with Gasteiger partial charge >= 0.3 is 10.2 Å². The lowest BCUT2D eigenvalue weighted by Crippen LogP contribution is -2.40. The predicted molar refractivity (Wildman–Crippen MR) is 175 cm³/mol. The molecule has 1 N–H and O–H groups in total. The zero-order valence-electron chi connectivity index (χ0n) is 26.0. The van der Waals surface area contributed by atoms with Crippen LogP contribution in [0.4, 0.5) is 30.8 Å². The lowest BCUT2D eigenvalue weighted by atomic mass is 9.88. The number of carbonyl (C=O) groups is 3. The first kappa shape index (κ1) is 33.8. The highest BCUT2D eigenvalue weighted by atomic mass is 32.5. The summed E-state index contributed by atoms with van der Waals surface area (Å²) in [5.74, 6) is -1.12. The normalized spacial score (nSPS) is 16.8. The molecule has 9 nitrogen and oxygen atoms in total. The van der Waals surface area contributed by atoms with E-state index >= 15 is 0 Å². The summed E-state index contributed by atoms with van der Waals surface area (Å²) in [4.78, 5) is 49.0. The zero-order valence-corrected chi connectivity index (χ0v) is 26.9. The van der Waals surface area contributed by atoms with E-state index < -0.39 is 21.0 Å². The summed E-state index contributed by atoms with van der Waals surface area (Å²) in [7, 11) is -9.79. The van der Waals surface area contributed by atoms with Crippen LogP contribution in [0.25, 0.3) is 0 Å². The number of halogens is 5. The Bertz CT molecular complexity index is 1850. The van der Waals surface area contributed by atoms with E-state index in [4.69, 9.17) is 4.74 Å². The molecule has 2 aromatic carbocycles. The number of likely N-dealkylation sites (tertiary alicyclic amines) is 1. The van der Waals surface area contributed by atoms with Crippen LogP contribution in [-0.2, 0) is 0 Å². The van der Waals surface area contributed by atoms with Crippen molar-refractivity contribution < 1.29 is 38.5 Å². The fourth-order valence-electron chi connectivity index (χ4n) is 5.82. The maximum atomic E-state index is 13.1. The number of Topliss-reactive ketones (excluding diaryl/α,β-unsaturated/α-hetero) is 1. The number of ketones is 1. The average molecular weight is 702 g/mol. The molecule has 15 heteroatoms. The van der Waals surface area contributed by atoms with Crippen molar-refractivity contribution >= 4 is 39.2 Å². The Morgan fingerprint density at radius 3 is 1.96 bits per heavy atom. The second kappa shape index (κ2) is 12.4. The smallest absolute Gasteiger partial charge is 0.310 e. The third kappa shape index (κ3) is 8.16. The third-order valence-corrected chi connectivity index (χ3v) is 9.67. The number of rotatable bonds is 9. The Hall–Kier alpha value is -5.05. The van der Waals surface area contributed by atoms with Gasteiger partial charge in [0.1, 0.15) is 16.3 Å². The van der Waals surface area contributed by atoms with Crippen molar-refractivity contribution in [3.63, 3.8) is 0 Å². The van der Waals surface area contributed by atoms with Crippen molar-refractivity contribution in [3.8, 4) is 11.6 Å². The molecular formula is C34H32F5N5O4S. The summed E-state index contributed by atoms with van der Waals surface area (Å²) in [6.45, 7) is 2.92. The number of amides is 2. The Balaban J connectivity index is 0.980. The Morgan fingerprint density at radius 1 is 0.735 bits per heavy atom. The standard InChI is InChI=1S/C34H32F5N5O4S/c35-49(36,37,38,39)29-11-9-28(10-12-29)48-31-14-6-26(22-41-31)42-33(46)30-13-5-25(21-40-30)34(47)44-19-15-24(16-20-44)32(45)23-3-7-27(8-4-23)43-17-1-2-18-43/h3-14,21-22,24H,1-2,15-20H2,(H,42,46). The van der Waals surface area contributed by atoms with E-state index in [1.807, 2.05) is 24.3 Å². The highest BCUT2D eigenvalue weighted by Gasteiger charge is 2.65. The molecule has 0 unspecified atom stereocenters. The minimum absolute atomic E-state index is 0.0287. The first-order chi connectivity index (χ1) is 23.1. The molecule has 2 aliphatic heterocycles. The van der Waals surface area contributed by atoms with Gasteiger partial charge in [-0.05, 0) is 92.4 Å². The molecule has 258 valence electrons. The van der Waals surface area contributed by atoms with Crippen molar-refractivity contribution in [2.45, 2.75) is 30.6 Å². The highest BCUT2D eigenvalue weighted by Crippen LogP contribution is 3.02. The lowest BCUT2D eigenvalue weighted by molar-refractivity contribution is 0.0650. The van der Waals surface area contributed by atoms with Crippen LogP contribution in [0.2, 0.25) is 0 Å². The van der Waals surface area contributed by atoms with Gasteiger partial charge in [-0.1, -0.05) is 19.4 Å². The van der Waals surface area contributed by atoms with E-state index in [2.05, 4.69) is 20.2 Å². The molecule has 0 aliphatic carbocycles. The molecule has 4 aromatic rings. The summed E-state index contributed by atoms with van der Waals surface area (Å²) < 4.78 is 69.9. The van der Waals surface area contributed by atoms with Crippen LogP contribution in [0, 0.1) is 5.92 Å². The quantitative estimate of drug-likeness (QED) is 0.138. The number of anilines is 2. The van der Waals surface area contributed by atoms with Gasteiger partial charge in [0.05, 0.1) is 17.4 Å². The topological polar surface area (TPSA) is 105 Å². The number of hydrogen-bond acceptors (Lipinski definition) is 7. The molecule has 0 spiro atoms. The van der Waals surface area contributed by atoms with Crippen LogP contribution < -0.4 is 15.0 Å². The van der Waals surface area contributed by atoms with Gasteiger partial charge in [-0.2, -0.15) is 0 Å². The lowest BCUT2D eigenvalue weighted by Gasteiger charge is -2.40. The molecule has 2 saturated heterocycles. The van der Waals surface area contributed by atoms with Crippen LogP contribution in [0.5, 0.6) is 11.6 Å². The minimum atomic E-state index is -9.79. The van der Waals surface area contributed by atoms with E-state index in [-0.39, 0.29) is 52.8 Å². The number of carbonyl (C=O) groups excluding carboxylic acids is 3. The van der Waals surface area contributed by atoms with E-state index in [0.717, 1.165) is 30.9 Å². The highest BCUT2D eigenvalue weighted by molar-refractivity contribution is 8.45. The zero-order chi connectivity index (χ0) is 34.9. The van der Waals surface area contributed by atoms with Crippen LogP contribution in [0.15, 0.2) is 90.1 Å². The van der Waals surface area contributed by atoms with Crippen LogP contribution in [-0.4, -0.2) is 58.6 Å². The molecule has 2 aliphatic rings. The molecule has 0 radical (unpaired) electrons. The average Bonchev–Trinajstić information content (AvgIpc) is 3.63. The molecule has 49 heavy (non-hydrogen) atoms. The van der Waals surface area contributed by atoms with Crippen LogP contribution in [0.1, 0.15) is 56.9 Å². The van der Waals surface area contributed by atoms with Gasteiger partial charge in [0.15, 0.2) is 5.78 Å². The number of nitrogens with zero attached hydrogens (tertiary/aromatic N) is 4. The maximum absolute atomic E-state index is 13.1. The molecular weight excluding hydrogens is 669 g/mol. The second-order valence-electron chi connectivity index (χ2n) is 12.0. The van der Waals surface area contributed by atoms with Crippen molar-refractivity contribution in [2.24, 2.45) is 5.92 Å². The van der Waals surface area contributed by atoms with Crippen molar-refractivity contribution in [2.75, 3.05) is 36.4 Å². The summed E-state index contributed by atoms with van der Waals surface area (Å²) in [6.07, 6.45) is 6.00. The molecule has 0 saturated carbocycles. The fraction of sp³-hybridized carbons (Fsp3) is 0.265. The number of piperidine rings is 1. The number of pyridine rings is 2. The number of ether oxygens (including phenoxy) is 1. The van der Waals surface area contributed by atoms with E-state index in [1.165, 1.54) is 49.5 Å². The van der Waals surface area contributed by atoms with E-state index in [0.29, 0.717) is 37.1 Å².